The summed E-state index contributed by atoms with van der Waals surface area (Å²) in [6, 6.07) is 12.4. The molecule has 20 heavy (non-hydrogen) atoms. The summed E-state index contributed by atoms with van der Waals surface area (Å²) in [7, 11) is -2.54. The average Bonchev–Trinajstić information content (AvgIpc) is 2.46. The third-order valence-corrected chi connectivity index (χ3v) is 5.04. The van der Waals surface area contributed by atoms with Crippen LogP contribution in [0, 0.1) is 5.82 Å². The van der Waals surface area contributed by atoms with Gasteiger partial charge >= 0.3 is 0 Å². The molecule has 0 spiro atoms. The lowest BCUT2D eigenvalue weighted by Crippen LogP contribution is -2.27. The van der Waals surface area contributed by atoms with E-state index in [1.54, 1.807) is 30.3 Å². The molecule has 106 valence electrons. The Hall–Kier alpha value is -1.59. The topological polar surface area (TPSA) is 37.4 Å². The molecule has 0 aliphatic carbocycles. The number of nitrogens with zero attached hydrogens (tertiary/aromatic N) is 1. The van der Waals surface area contributed by atoms with Crippen LogP contribution in [0.3, 0.4) is 0 Å². The molecule has 2 rings (SSSR count). The van der Waals surface area contributed by atoms with E-state index in [0.29, 0.717) is 11.3 Å². The quantitative estimate of drug-likeness (QED) is 0.811. The Labute approximate surface area is 122 Å². The molecule has 0 saturated heterocycles. The van der Waals surface area contributed by atoms with Crippen LogP contribution in [0.1, 0.15) is 5.56 Å². The van der Waals surface area contributed by atoms with Gasteiger partial charge in [0.1, 0.15) is 10.7 Å². The van der Waals surface area contributed by atoms with Gasteiger partial charge in [-0.3, -0.25) is 4.31 Å². The molecule has 0 radical (unpaired) electrons. The fourth-order valence-electron chi connectivity index (χ4n) is 1.76. The second-order valence-electron chi connectivity index (χ2n) is 4.21. The molecule has 2 aromatic carbocycles. The standard InChI is InChI=1S/C14H13ClFNO2S/c1-17(12-5-3-2-4-6-12)20(18,19)14-8-7-11(10-15)9-13(14)16/h2-9H,10H2,1H3. The lowest BCUT2D eigenvalue weighted by molar-refractivity contribution is 0.565. The predicted molar refractivity (Wildman–Crippen MR) is 78.0 cm³/mol. The van der Waals surface area contributed by atoms with Crippen LogP contribution in [0.4, 0.5) is 10.1 Å². The molecule has 0 aliphatic heterocycles. The minimum Gasteiger partial charge on any atom is -0.269 e. The summed E-state index contributed by atoms with van der Waals surface area (Å²) < 4.78 is 39.8. The SMILES string of the molecule is CN(c1ccccc1)S(=O)(=O)c1ccc(CCl)cc1F. The predicted octanol–water partition coefficient (Wildman–Crippen LogP) is 3.39. The largest absolute Gasteiger partial charge is 0.269 e. The van der Waals surface area contributed by atoms with Gasteiger partial charge in [-0.25, -0.2) is 12.8 Å². The first kappa shape index (κ1) is 14.8. The normalized spacial score (nSPS) is 11.3. The highest BCUT2D eigenvalue weighted by atomic mass is 35.5. The summed E-state index contributed by atoms with van der Waals surface area (Å²) in [6.07, 6.45) is 0. The Balaban J connectivity index is 2.45. The zero-order chi connectivity index (χ0) is 14.8. The van der Waals surface area contributed by atoms with Crippen molar-refractivity contribution in [3.05, 3.63) is 59.9 Å². The molecule has 0 atom stereocenters. The van der Waals surface area contributed by atoms with Crippen molar-refractivity contribution in [1.82, 2.24) is 0 Å². The van der Waals surface area contributed by atoms with Crippen LogP contribution in [0.2, 0.25) is 0 Å². The molecule has 0 heterocycles. The zero-order valence-corrected chi connectivity index (χ0v) is 12.3. The molecular formula is C14H13ClFNO2S. The monoisotopic (exact) mass is 313 g/mol. The number of sulfonamides is 1. The fraction of sp³-hybridized carbons (Fsp3) is 0.143. The van der Waals surface area contributed by atoms with Crippen LogP contribution < -0.4 is 4.31 Å². The van der Waals surface area contributed by atoms with Crippen LogP contribution in [0.25, 0.3) is 0 Å². The van der Waals surface area contributed by atoms with Gasteiger partial charge < -0.3 is 0 Å². The van der Waals surface area contributed by atoms with E-state index in [2.05, 4.69) is 0 Å². The van der Waals surface area contributed by atoms with Gasteiger partial charge in [-0.15, -0.1) is 11.6 Å². The minimum atomic E-state index is -3.93. The summed E-state index contributed by atoms with van der Waals surface area (Å²) in [5.74, 6) is -0.669. The first-order valence-corrected chi connectivity index (χ1v) is 7.82. The van der Waals surface area contributed by atoms with Gasteiger partial charge in [-0.1, -0.05) is 24.3 Å². The molecule has 0 fully saturated rings. The van der Waals surface area contributed by atoms with E-state index in [1.165, 1.54) is 19.2 Å². The molecule has 2 aromatic rings. The third-order valence-electron chi connectivity index (χ3n) is 2.91. The van der Waals surface area contributed by atoms with E-state index in [0.717, 1.165) is 10.4 Å². The number of hydrogen-bond acceptors (Lipinski definition) is 2. The number of anilines is 1. The van der Waals surface area contributed by atoms with Crippen molar-refractivity contribution >= 4 is 27.3 Å². The molecule has 0 amide bonds. The van der Waals surface area contributed by atoms with Gasteiger partial charge in [0, 0.05) is 12.9 Å². The number of para-hydroxylation sites is 1. The highest BCUT2D eigenvalue weighted by Crippen LogP contribution is 2.24. The first-order valence-electron chi connectivity index (χ1n) is 5.85. The Morgan fingerprint density at radius 2 is 1.80 bits per heavy atom. The van der Waals surface area contributed by atoms with Crippen LogP contribution in [-0.4, -0.2) is 15.5 Å². The summed E-state index contributed by atoms with van der Waals surface area (Å²) in [5.41, 5.74) is 0.999. The highest BCUT2D eigenvalue weighted by molar-refractivity contribution is 7.92. The Kier molecular flexibility index (Phi) is 4.30. The van der Waals surface area contributed by atoms with E-state index in [9.17, 15) is 12.8 Å². The first-order chi connectivity index (χ1) is 9.46. The number of alkyl halides is 1. The fourth-order valence-corrected chi connectivity index (χ4v) is 3.17. The third kappa shape index (κ3) is 2.78. The lowest BCUT2D eigenvalue weighted by atomic mass is 10.2. The second kappa shape index (κ2) is 5.81. The second-order valence-corrected chi connectivity index (χ2v) is 6.41. The molecule has 0 saturated carbocycles. The lowest BCUT2D eigenvalue weighted by Gasteiger charge is -2.19. The maximum Gasteiger partial charge on any atom is 0.266 e. The van der Waals surface area contributed by atoms with E-state index in [-0.39, 0.29) is 10.8 Å². The van der Waals surface area contributed by atoms with E-state index < -0.39 is 15.8 Å². The van der Waals surface area contributed by atoms with Gasteiger partial charge in [0.05, 0.1) is 5.69 Å². The van der Waals surface area contributed by atoms with Crippen molar-refractivity contribution in [2.24, 2.45) is 0 Å². The van der Waals surface area contributed by atoms with Gasteiger partial charge in [-0.05, 0) is 29.8 Å². The van der Waals surface area contributed by atoms with Crippen LogP contribution >= 0.6 is 11.6 Å². The number of benzene rings is 2. The van der Waals surface area contributed by atoms with Crippen LogP contribution in [-0.2, 0) is 15.9 Å². The van der Waals surface area contributed by atoms with Crippen molar-refractivity contribution < 1.29 is 12.8 Å². The molecule has 0 bridgehead atoms. The highest BCUT2D eigenvalue weighted by Gasteiger charge is 2.24. The molecule has 3 nitrogen and oxygen atoms in total. The Morgan fingerprint density at radius 3 is 2.35 bits per heavy atom. The van der Waals surface area contributed by atoms with Crippen molar-refractivity contribution in [3.8, 4) is 0 Å². The Bertz CT molecular complexity index is 704. The average molecular weight is 314 g/mol. The maximum absolute atomic E-state index is 13.9. The minimum absolute atomic E-state index is 0.131. The van der Waals surface area contributed by atoms with Gasteiger partial charge in [0.2, 0.25) is 0 Å². The maximum atomic E-state index is 13.9. The molecule has 0 aromatic heterocycles. The Morgan fingerprint density at radius 1 is 1.15 bits per heavy atom. The van der Waals surface area contributed by atoms with Crippen LogP contribution in [0.15, 0.2) is 53.4 Å². The van der Waals surface area contributed by atoms with Crippen molar-refractivity contribution in [2.45, 2.75) is 10.8 Å². The van der Waals surface area contributed by atoms with Gasteiger partial charge in [0.15, 0.2) is 0 Å². The van der Waals surface area contributed by atoms with Gasteiger partial charge in [0.25, 0.3) is 10.0 Å². The van der Waals surface area contributed by atoms with Crippen molar-refractivity contribution in [1.29, 1.82) is 0 Å². The zero-order valence-electron chi connectivity index (χ0n) is 10.8. The molecule has 0 unspecified atom stereocenters. The molecule has 6 heteroatoms. The number of rotatable bonds is 4. The summed E-state index contributed by atoms with van der Waals surface area (Å²) in [5, 5.41) is 0. The van der Waals surface area contributed by atoms with Gasteiger partial charge in [-0.2, -0.15) is 0 Å². The van der Waals surface area contributed by atoms with E-state index in [4.69, 9.17) is 11.6 Å². The molecule has 0 N–H and O–H groups in total. The summed E-state index contributed by atoms with van der Waals surface area (Å²) in [4.78, 5) is -0.363. The molecule has 0 aliphatic rings. The summed E-state index contributed by atoms with van der Waals surface area (Å²) in [6.45, 7) is 0. The van der Waals surface area contributed by atoms with E-state index in [1.807, 2.05) is 0 Å². The van der Waals surface area contributed by atoms with Crippen LogP contribution in [0.5, 0.6) is 0 Å². The van der Waals surface area contributed by atoms with E-state index >= 15 is 0 Å². The van der Waals surface area contributed by atoms with Crippen molar-refractivity contribution in [2.75, 3.05) is 11.4 Å². The summed E-state index contributed by atoms with van der Waals surface area (Å²) >= 11 is 5.60. The smallest absolute Gasteiger partial charge is 0.266 e. The molecular weight excluding hydrogens is 301 g/mol. The number of hydrogen-bond donors (Lipinski definition) is 0. The number of halogens is 2. The van der Waals surface area contributed by atoms with Crippen molar-refractivity contribution in [3.63, 3.8) is 0 Å².